The fourth-order valence-corrected chi connectivity index (χ4v) is 2.20. The number of hydrogen-bond acceptors (Lipinski definition) is 3. The highest BCUT2D eigenvalue weighted by Gasteiger charge is 2.10. The van der Waals surface area contributed by atoms with Crippen molar-refractivity contribution >= 4 is 28.5 Å². The Kier molecular flexibility index (Phi) is 6.06. The maximum absolute atomic E-state index is 12.1. The molecule has 22 heavy (non-hydrogen) atoms. The van der Waals surface area contributed by atoms with Gasteiger partial charge in [-0.25, -0.2) is 0 Å². The van der Waals surface area contributed by atoms with E-state index < -0.39 is 0 Å². The lowest BCUT2D eigenvalue weighted by Crippen LogP contribution is -2.36. The highest BCUT2D eigenvalue weighted by Crippen LogP contribution is 2.17. The molecule has 5 heteroatoms. The molecule has 4 nitrogen and oxygen atoms in total. The summed E-state index contributed by atoms with van der Waals surface area (Å²) in [4.78, 5) is 12.1. The van der Waals surface area contributed by atoms with Gasteiger partial charge in [0.1, 0.15) is 18.1 Å². The molecule has 2 aromatic carbocycles. The quantitative estimate of drug-likeness (QED) is 0.741. The maximum Gasteiger partial charge on any atom is 0.251 e. The smallest absolute Gasteiger partial charge is 0.251 e. The predicted octanol–water partition coefficient (Wildman–Crippen LogP) is 3.50. The Balaban J connectivity index is 1.82. The average Bonchev–Trinajstić information content (AvgIpc) is 2.54. The van der Waals surface area contributed by atoms with Gasteiger partial charge in [0.15, 0.2) is 0 Å². The normalized spacial score (nSPS) is 11.6. The van der Waals surface area contributed by atoms with Crippen molar-refractivity contribution < 1.29 is 14.3 Å². The summed E-state index contributed by atoms with van der Waals surface area (Å²) in [6, 6.07) is 14.7. The summed E-state index contributed by atoms with van der Waals surface area (Å²) in [5.41, 5.74) is 0.650. The zero-order chi connectivity index (χ0) is 15.9. The summed E-state index contributed by atoms with van der Waals surface area (Å²) in [5, 5.41) is 2.92. The molecule has 0 aliphatic rings. The molecule has 0 aromatic heterocycles. The van der Waals surface area contributed by atoms with Gasteiger partial charge in [0, 0.05) is 9.13 Å². The van der Waals surface area contributed by atoms with Gasteiger partial charge in [-0.3, -0.25) is 4.79 Å². The maximum atomic E-state index is 12.1. The summed E-state index contributed by atoms with van der Waals surface area (Å²) in [6.07, 6.45) is 0. The molecule has 2 aromatic rings. The number of methoxy groups -OCH3 is 1. The standard InChI is InChI=1S/C17H18INO3/c1-12(11-22-16-9-7-15(21-2)8-10-16)19-17(20)13-3-5-14(18)6-4-13/h3-10,12H,11H2,1-2H3,(H,19,20). The van der Waals surface area contributed by atoms with E-state index >= 15 is 0 Å². The molecule has 0 aliphatic heterocycles. The summed E-state index contributed by atoms with van der Waals surface area (Å²) in [5.74, 6) is 1.44. The van der Waals surface area contributed by atoms with E-state index in [1.807, 2.05) is 55.5 Å². The summed E-state index contributed by atoms with van der Waals surface area (Å²) in [7, 11) is 1.62. The van der Waals surface area contributed by atoms with E-state index in [0.717, 1.165) is 15.1 Å². The van der Waals surface area contributed by atoms with Crippen LogP contribution in [0.25, 0.3) is 0 Å². The van der Waals surface area contributed by atoms with Gasteiger partial charge in [0.05, 0.1) is 13.2 Å². The van der Waals surface area contributed by atoms with Crippen LogP contribution < -0.4 is 14.8 Å². The summed E-state index contributed by atoms with van der Waals surface area (Å²) >= 11 is 2.21. The van der Waals surface area contributed by atoms with Crippen molar-refractivity contribution in [3.63, 3.8) is 0 Å². The van der Waals surface area contributed by atoms with Crippen LogP contribution in [0.3, 0.4) is 0 Å². The fourth-order valence-electron chi connectivity index (χ4n) is 1.84. The van der Waals surface area contributed by atoms with Crippen LogP contribution in [-0.2, 0) is 0 Å². The van der Waals surface area contributed by atoms with Gasteiger partial charge in [-0.2, -0.15) is 0 Å². The molecule has 0 spiro atoms. The van der Waals surface area contributed by atoms with Gasteiger partial charge in [-0.1, -0.05) is 0 Å². The van der Waals surface area contributed by atoms with E-state index in [1.54, 1.807) is 7.11 Å². The monoisotopic (exact) mass is 411 g/mol. The molecule has 0 saturated carbocycles. The van der Waals surface area contributed by atoms with Gasteiger partial charge in [0.25, 0.3) is 5.91 Å². The fraction of sp³-hybridized carbons (Fsp3) is 0.235. The second kappa shape index (κ2) is 8.03. The topological polar surface area (TPSA) is 47.6 Å². The predicted molar refractivity (Wildman–Crippen MR) is 94.6 cm³/mol. The van der Waals surface area contributed by atoms with E-state index in [-0.39, 0.29) is 11.9 Å². The second-order valence-corrected chi connectivity index (χ2v) is 6.11. The van der Waals surface area contributed by atoms with Gasteiger partial charge in [0.2, 0.25) is 0 Å². The Morgan fingerprint density at radius 1 is 1.09 bits per heavy atom. The minimum atomic E-state index is -0.0952. The number of benzene rings is 2. The molecule has 0 bridgehead atoms. The van der Waals surface area contributed by atoms with Crippen LogP contribution >= 0.6 is 22.6 Å². The number of halogens is 1. The second-order valence-electron chi connectivity index (χ2n) is 4.87. The van der Waals surface area contributed by atoms with Crippen molar-refractivity contribution in [3.05, 3.63) is 57.7 Å². The first-order chi connectivity index (χ1) is 10.6. The third-order valence-electron chi connectivity index (χ3n) is 3.04. The van der Waals surface area contributed by atoms with Crippen LogP contribution in [0.15, 0.2) is 48.5 Å². The lowest BCUT2D eigenvalue weighted by molar-refractivity contribution is 0.0926. The van der Waals surface area contributed by atoms with Crippen LogP contribution in [0.5, 0.6) is 11.5 Å². The molecule has 2 rings (SSSR count). The lowest BCUT2D eigenvalue weighted by Gasteiger charge is -2.15. The third-order valence-corrected chi connectivity index (χ3v) is 3.76. The molecule has 0 aliphatic carbocycles. The van der Waals surface area contributed by atoms with E-state index in [0.29, 0.717) is 12.2 Å². The van der Waals surface area contributed by atoms with Crippen molar-refractivity contribution in [3.8, 4) is 11.5 Å². The first-order valence-electron chi connectivity index (χ1n) is 6.92. The van der Waals surface area contributed by atoms with Gasteiger partial charge in [-0.15, -0.1) is 0 Å². The summed E-state index contributed by atoms with van der Waals surface area (Å²) < 4.78 is 11.8. The number of ether oxygens (including phenoxy) is 2. The van der Waals surface area contributed by atoms with Crippen LogP contribution in [0.1, 0.15) is 17.3 Å². The van der Waals surface area contributed by atoms with E-state index in [4.69, 9.17) is 9.47 Å². The Morgan fingerprint density at radius 2 is 1.68 bits per heavy atom. The number of carbonyl (C=O) groups excluding carboxylic acids is 1. The molecule has 0 saturated heterocycles. The molecule has 1 unspecified atom stereocenters. The minimum Gasteiger partial charge on any atom is -0.497 e. The van der Waals surface area contributed by atoms with Gasteiger partial charge >= 0.3 is 0 Å². The molecule has 0 radical (unpaired) electrons. The molecule has 0 heterocycles. The molecule has 1 atom stereocenters. The largest absolute Gasteiger partial charge is 0.497 e. The molecular formula is C17H18INO3. The van der Waals surface area contributed by atoms with Crippen molar-refractivity contribution in [2.75, 3.05) is 13.7 Å². The highest BCUT2D eigenvalue weighted by atomic mass is 127. The van der Waals surface area contributed by atoms with Crippen LogP contribution in [0.2, 0.25) is 0 Å². The number of carbonyl (C=O) groups is 1. The summed E-state index contributed by atoms with van der Waals surface area (Å²) in [6.45, 7) is 2.32. The lowest BCUT2D eigenvalue weighted by atomic mass is 10.2. The Morgan fingerprint density at radius 3 is 2.27 bits per heavy atom. The first kappa shape index (κ1) is 16.6. The van der Waals surface area contributed by atoms with Gasteiger partial charge < -0.3 is 14.8 Å². The Hall–Kier alpha value is -1.76. The van der Waals surface area contributed by atoms with E-state index in [2.05, 4.69) is 27.9 Å². The molecule has 1 amide bonds. The average molecular weight is 411 g/mol. The van der Waals surface area contributed by atoms with Crippen molar-refractivity contribution in [1.82, 2.24) is 5.32 Å². The Bertz CT molecular complexity index is 611. The van der Waals surface area contributed by atoms with Crippen LogP contribution in [0.4, 0.5) is 0 Å². The molecule has 0 fully saturated rings. The number of hydrogen-bond donors (Lipinski definition) is 1. The molecular weight excluding hydrogens is 393 g/mol. The van der Waals surface area contributed by atoms with E-state index in [1.165, 1.54) is 0 Å². The zero-order valence-electron chi connectivity index (χ0n) is 12.5. The molecule has 1 N–H and O–H groups in total. The number of amides is 1. The van der Waals surface area contributed by atoms with Crippen molar-refractivity contribution in [1.29, 1.82) is 0 Å². The number of rotatable bonds is 6. The van der Waals surface area contributed by atoms with Crippen LogP contribution in [-0.4, -0.2) is 25.7 Å². The SMILES string of the molecule is COc1ccc(OCC(C)NC(=O)c2ccc(I)cc2)cc1. The van der Waals surface area contributed by atoms with Gasteiger partial charge in [-0.05, 0) is 78.0 Å². The molecule has 116 valence electrons. The minimum absolute atomic E-state index is 0.0890. The third kappa shape index (κ3) is 4.91. The zero-order valence-corrected chi connectivity index (χ0v) is 14.7. The van der Waals surface area contributed by atoms with E-state index in [9.17, 15) is 4.79 Å². The van der Waals surface area contributed by atoms with Crippen molar-refractivity contribution in [2.45, 2.75) is 13.0 Å². The van der Waals surface area contributed by atoms with Crippen LogP contribution in [0, 0.1) is 3.57 Å². The first-order valence-corrected chi connectivity index (χ1v) is 7.99. The highest BCUT2D eigenvalue weighted by molar-refractivity contribution is 14.1. The van der Waals surface area contributed by atoms with Crippen molar-refractivity contribution in [2.24, 2.45) is 0 Å². The number of nitrogens with one attached hydrogen (secondary N) is 1. The Labute approximate surface area is 144 Å².